The zero-order chi connectivity index (χ0) is 28.6. The van der Waals surface area contributed by atoms with E-state index in [-0.39, 0.29) is 18.4 Å². The molecule has 41 heavy (non-hydrogen) atoms. The molecule has 1 aliphatic rings. The molecular formula is C29H28Cl2FN7O2. The van der Waals surface area contributed by atoms with Crippen molar-refractivity contribution in [3.05, 3.63) is 87.7 Å². The Bertz CT molecular complexity index is 1520. The highest BCUT2D eigenvalue weighted by Crippen LogP contribution is 2.32. The number of hydrazone groups is 1. The zero-order valence-electron chi connectivity index (χ0n) is 22.3. The summed E-state index contributed by atoms with van der Waals surface area (Å²) in [5, 5.41) is 8.55. The average Bonchev–Trinajstić information content (AvgIpc) is 2.98. The number of methoxy groups -OCH3 is 1. The van der Waals surface area contributed by atoms with Gasteiger partial charge in [-0.05, 0) is 67.8 Å². The van der Waals surface area contributed by atoms with Crippen LogP contribution < -0.4 is 25.1 Å². The molecule has 9 nitrogen and oxygen atoms in total. The van der Waals surface area contributed by atoms with E-state index in [2.05, 4.69) is 35.7 Å². The van der Waals surface area contributed by atoms with Gasteiger partial charge in [0, 0.05) is 39.9 Å². The van der Waals surface area contributed by atoms with Crippen LogP contribution in [0.4, 0.5) is 27.9 Å². The van der Waals surface area contributed by atoms with Crippen molar-refractivity contribution in [3.8, 4) is 11.5 Å². The molecule has 2 N–H and O–H groups in total. The molecule has 4 aromatic rings. The first-order chi connectivity index (χ1) is 20.0. The Hall–Kier alpha value is -4.15. The molecule has 0 atom stereocenters. The number of rotatable bonds is 10. The predicted octanol–water partition coefficient (Wildman–Crippen LogP) is 7.09. The van der Waals surface area contributed by atoms with Crippen molar-refractivity contribution in [1.82, 2.24) is 15.0 Å². The van der Waals surface area contributed by atoms with Gasteiger partial charge in [-0.2, -0.15) is 20.1 Å². The number of ether oxygens (including phenoxy) is 2. The number of piperidine rings is 1. The van der Waals surface area contributed by atoms with Gasteiger partial charge in [-0.15, -0.1) is 0 Å². The van der Waals surface area contributed by atoms with Gasteiger partial charge in [0.1, 0.15) is 12.4 Å². The van der Waals surface area contributed by atoms with E-state index in [0.717, 1.165) is 31.5 Å². The number of nitrogens with zero attached hydrogens (tertiary/aromatic N) is 5. The minimum atomic E-state index is -0.325. The summed E-state index contributed by atoms with van der Waals surface area (Å²) in [6.45, 7) is 1.91. The van der Waals surface area contributed by atoms with Gasteiger partial charge in [0.25, 0.3) is 0 Å². The number of hydrogen-bond acceptors (Lipinski definition) is 9. The first-order valence-corrected chi connectivity index (χ1v) is 13.8. The number of aromatic nitrogens is 3. The fourth-order valence-electron chi connectivity index (χ4n) is 4.27. The third-order valence-corrected chi connectivity index (χ3v) is 6.93. The summed E-state index contributed by atoms with van der Waals surface area (Å²) in [7, 11) is 1.57. The largest absolute Gasteiger partial charge is 0.493 e. The molecule has 2 heterocycles. The molecule has 0 bridgehead atoms. The zero-order valence-corrected chi connectivity index (χ0v) is 23.8. The fraction of sp³-hybridized carbons (Fsp3) is 0.241. The van der Waals surface area contributed by atoms with E-state index in [0.29, 0.717) is 44.7 Å². The first kappa shape index (κ1) is 28.4. The summed E-state index contributed by atoms with van der Waals surface area (Å²) in [5.41, 5.74) is 5.00. The fourth-order valence-corrected chi connectivity index (χ4v) is 4.73. The van der Waals surface area contributed by atoms with Crippen LogP contribution in [0.1, 0.15) is 30.4 Å². The summed E-state index contributed by atoms with van der Waals surface area (Å²) in [5.74, 6) is 1.81. The van der Waals surface area contributed by atoms with Crippen molar-refractivity contribution in [2.75, 3.05) is 35.8 Å². The Labute approximate surface area is 247 Å². The van der Waals surface area contributed by atoms with Crippen LogP contribution in [-0.2, 0) is 6.61 Å². The lowest BCUT2D eigenvalue weighted by atomic mass is 10.1. The predicted molar refractivity (Wildman–Crippen MR) is 161 cm³/mol. The molecule has 0 saturated carbocycles. The minimum absolute atomic E-state index is 0.204. The molecule has 212 valence electrons. The monoisotopic (exact) mass is 595 g/mol. The van der Waals surface area contributed by atoms with Crippen molar-refractivity contribution in [2.45, 2.75) is 25.9 Å². The first-order valence-electron chi connectivity index (χ1n) is 13.0. The third-order valence-electron chi connectivity index (χ3n) is 6.35. The van der Waals surface area contributed by atoms with E-state index in [9.17, 15) is 4.39 Å². The number of halogens is 3. The number of anilines is 4. The molecule has 1 fully saturated rings. The smallest absolute Gasteiger partial charge is 0.250 e. The van der Waals surface area contributed by atoms with Crippen LogP contribution in [0.15, 0.2) is 65.8 Å². The van der Waals surface area contributed by atoms with Gasteiger partial charge in [0.05, 0.1) is 13.3 Å². The second-order valence-corrected chi connectivity index (χ2v) is 10.1. The summed E-state index contributed by atoms with van der Waals surface area (Å²) in [6, 6.07) is 16.7. The molecule has 0 amide bonds. The molecule has 0 radical (unpaired) electrons. The molecule has 12 heteroatoms. The van der Waals surface area contributed by atoms with Crippen LogP contribution in [0, 0.1) is 5.82 Å². The van der Waals surface area contributed by atoms with Gasteiger partial charge < -0.3 is 19.7 Å². The van der Waals surface area contributed by atoms with Crippen LogP contribution in [0.25, 0.3) is 0 Å². The van der Waals surface area contributed by atoms with Crippen LogP contribution in [-0.4, -0.2) is 41.4 Å². The van der Waals surface area contributed by atoms with E-state index in [1.54, 1.807) is 43.7 Å². The molecule has 1 aromatic heterocycles. The highest BCUT2D eigenvalue weighted by Gasteiger charge is 2.17. The lowest BCUT2D eigenvalue weighted by Crippen LogP contribution is -2.31. The normalized spacial score (nSPS) is 13.3. The average molecular weight is 596 g/mol. The lowest BCUT2D eigenvalue weighted by Gasteiger charge is -2.26. The summed E-state index contributed by atoms with van der Waals surface area (Å²) in [4.78, 5) is 15.8. The number of benzene rings is 3. The SMILES string of the molecule is COc1cccc(C=NNc2nc(Nc3ccc(F)cc3)nc(N3CCCCC3)n2)c1OCc1ccc(Cl)cc1Cl. The standard InChI is InChI=1S/C29H28Cl2FN7O2/c1-40-25-7-5-6-19(26(25)41-18-20-8-9-21(30)16-24(20)31)17-33-38-28-35-27(34-23-12-10-22(32)11-13-23)36-29(37-28)39-14-3-2-4-15-39/h5-13,16-17H,2-4,14-15,18H2,1H3,(H2,34,35,36,37,38). The molecule has 3 aromatic carbocycles. The molecule has 5 rings (SSSR count). The Kier molecular flexibility index (Phi) is 9.33. The number of hydrogen-bond donors (Lipinski definition) is 2. The lowest BCUT2D eigenvalue weighted by molar-refractivity contribution is 0.284. The van der Waals surface area contributed by atoms with Gasteiger partial charge in [0.15, 0.2) is 11.5 Å². The Morgan fingerprint density at radius 3 is 2.51 bits per heavy atom. The van der Waals surface area contributed by atoms with Crippen LogP contribution >= 0.6 is 23.2 Å². The maximum Gasteiger partial charge on any atom is 0.250 e. The van der Waals surface area contributed by atoms with E-state index < -0.39 is 0 Å². The maximum atomic E-state index is 13.4. The van der Waals surface area contributed by atoms with Crippen molar-refractivity contribution in [2.24, 2.45) is 5.10 Å². The molecule has 0 spiro atoms. The second kappa shape index (κ2) is 13.5. The molecular weight excluding hydrogens is 568 g/mol. The van der Waals surface area contributed by atoms with Gasteiger partial charge in [-0.1, -0.05) is 35.3 Å². The van der Waals surface area contributed by atoms with Gasteiger partial charge in [-0.25, -0.2) is 9.82 Å². The van der Waals surface area contributed by atoms with Crippen molar-refractivity contribution in [3.63, 3.8) is 0 Å². The summed E-state index contributed by atoms with van der Waals surface area (Å²) < 4.78 is 25.0. The van der Waals surface area contributed by atoms with Gasteiger partial charge in [-0.3, -0.25) is 0 Å². The number of para-hydroxylation sites is 1. The van der Waals surface area contributed by atoms with Gasteiger partial charge >= 0.3 is 0 Å². The Balaban J connectivity index is 1.37. The summed E-state index contributed by atoms with van der Waals surface area (Å²) in [6.07, 6.45) is 4.89. The van der Waals surface area contributed by atoms with Crippen molar-refractivity contribution >= 4 is 52.9 Å². The summed E-state index contributed by atoms with van der Waals surface area (Å²) >= 11 is 12.3. The van der Waals surface area contributed by atoms with Crippen molar-refractivity contribution in [1.29, 1.82) is 0 Å². The highest BCUT2D eigenvalue weighted by atomic mass is 35.5. The third kappa shape index (κ3) is 7.53. The molecule has 0 unspecified atom stereocenters. The van der Waals surface area contributed by atoms with Crippen LogP contribution in [0.5, 0.6) is 11.5 Å². The van der Waals surface area contributed by atoms with E-state index in [1.807, 2.05) is 18.2 Å². The topological polar surface area (TPSA) is 96.8 Å². The quantitative estimate of drug-likeness (QED) is 0.148. The van der Waals surface area contributed by atoms with E-state index in [1.165, 1.54) is 18.6 Å². The maximum absolute atomic E-state index is 13.4. The van der Waals surface area contributed by atoms with Crippen LogP contribution in [0.3, 0.4) is 0 Å². The minimum Gasteiger partial charge on any atom is -0.493 e. The molecule has 1 aliphatic heterocycles. The molecule has 1 saturated heterocycles. The highest BCUT2D eigenvalue weighted by molar-refractivity contribution is 6.35. The number of nitrogens with one attached hydrogen (secondary N) is 2. The Morgan fingerprint density at radius 2 is 1.76 bits per heavy atom. The van der Waals surface area contributed by atoms with Gasteiger partial charge in [0.2, 0.25) is 17.8 Å². The Morgan fingerprint density at radius 1 is 0.976 bits per heavy atom. The second-order valence-electron chi connectivity index (χ2n) is 9.24. The van der Waals surface area contributed by atoms with Crippen LogP contribution in [0.2, 0.25) is 10.0 Å². The van der Waals surface area contributed by atoms with E-state index >= 15 is 0 Å². The van der Waals surface area contributed by atoms with Crippen molar-refractivity contribution < 1.29 is 13.9 Å². The molecule has 0 aliphatic carbocycles. The van der Waals surface area contributed by atoms with E-state index in [4.69, 9.17) is 32.7 Å².